The maximum Gasteiger partial charge on any atom is 0.242 e. The number of thioether (sulfide) groups is 1. The molecule has 0 aliphatic heterocycles. The lowest BCUT2D eigenvalue weighted by Crippen LogP contribution is -2.48. The third-order valence-electron chi connectivity index (χ3n) is 4.67. The zero-order valence-corrected chi connectivity index (χ0v) is 22.0. The fraction of sp³-hybridized carbons (Fsp3) is 0.391. The van der Waals surface area contributed by atoms with Crippen LogP contribution in [0.4, 0.5) is 0 Å². The first kappa shape index (κ1) is 27.1. The van der Waals surface area contributed by atoms with E-state index in [2.05, 4.69) is 5.32 Å². The van der Waals surface area contributed by atoms with Gasteiger partial charge in [-0.25, -0.2) is 0 Å². The molecule has 2 rings (SSSR count). The Labute approximate surface area is 213 Å². The van der Waals surface area contributed by atoms with Gasteiger partial charge in [-0.1, -0.05) is 72.4 Å². The Hall–Kier alpha value is -1.11. The van der Waals surface area contributed by atoms with Gasteiger partial charge in [0.2, 0.25) is 11.8 Å². The van der Waals surface area contributed by atoms with Crippen LogP contribution >= 0.6 is 58.2 Å². The Morgan fingerprint density at radius 1 is 0.906 bits per heavy atom. The van der Waals surface area contributed by atoms with Gasteiger partial charge in [0.25, 0.3) is 0 Å². The van der Waals surface area contributed by atoms with Crippen molar-refractivity contribution < 1.29 is 9.59 Å². The first-order valence-corrected chi connectivity index (χ1v) is 12.8. The number of carbonyl (C=O) groups is 2. The fourth-order valence-electron chi connectivity index (χ4n) is 2.84. The van der Waals surface area contributed by atoms with Crippen LogP contribution in [0.5, 0.6) is 0 Å². The number of nitrogens with one attached hydrogen (secondary N) is 1. The number of carbonyl (C=O) groups excluding carboxylic acids is 2. The molecule has 1 atom stereocenters. The minimum Gasteiger partial charge on any atom is -0.354 e. The third kappa shape index (κ3) is 8.35. The minimum absolute atomic E-state index is 0.145. The highest BCUT2D eigenvalue weighted by atomic mass is 35.5. The summed E-state index contributed by atoms with van der Waals surface area (Å²) in [4.78, 5) is 27.4. The minimum atomic E-state index is -0.638. The van der Waals surface area contributed by atoms with Gasteiger partial charge in [0, 0.05) is 18.8 Å². The van der Waals surface area contributed by atoms with Crippen LogP contribution in [0, 0.1) is 5.92 Å². The highest BCUT2D eigenvalue weighted by molar-refractivity contribution is 7.99. The maximum absolute atomic E-state index is 13.1. The summed E-state index contributed by atoms with van der Waals surface area (Å²) in [6.07, 6.45) is 0. The van der Waals surface area contributed by atoms with Gasteiger partial charge in [0.05, 0.1) is 25.8 Å². The van der Waals surface area contributed by atoms with Crippen LogP contribution in [-0.4, -0.2) is 35.1 Å². The molecule has 2 aromatic rings. The van der Waals surface area contributed by atoms with Crippen molar-refractivity contribution in [1.29, 1.82) is 0 Å². The van der Waals surface area contributed by atoms with Crippen LogP contribution < -0.4 is 5.32 Å². The quantitative estimate of drug-likeness (QED) is 0.367. The molecule has 0 radical (unpaired) electrons. The monoisotopic (exact) mass is 534 g/mol. The van der Waals surface area contributed by atoms with E-state index in [4.69, 9.17) is 46.4 Å². The molecule has 0 heterocycles. The summed E-state index contributed by atoms with van der Waals surface area (Å²) >= 11 is 25.6. The Morgan fingerprint density at radius 2 is 1.47 bits per heavy atom. The molecule has 2 amide bonds. The van der Waals surface area contributed by atoms with Gasteiger partial charge in [-0.15, -0.1) is 11.8 Å². The van der Waals surface area contributed by atoms with E-state index in [9.17, 15) is 9.59 Å². The van der Waals surface area contributed by atoms with Gasteiger partial charge in [0.1, 0.15) is 6.04 Å². The van der Waals surface area contributed by atoms with Gasteiger partial charge >= 0.3 is 0 Å². The second kappa shape index (κ2) is 13.0. The van der Waals surface area contributed by atoms with Crippen molar-refractivity contribution in [2.45, 2.75) is 39.1 Å². The van der Waals surface area contributed by atoms with Crippen LogP contribution in [0.1, 0.15) is 31.9 Å². The number of benzene rings is 2. The summed E-state index contributed by atoms with van der Waals surface area (Å²) in [6, 6.07) is 9.96. The molecular formula is C23H26Cl4N2O2S. The first-order valence-electron chi connectivity index (χ1n) is 10.1. The molecule has 0 aliphatic rings. The summed E-state index contributed by atoms with van der Waals surface area (Å²) in [5, 5.41) is 4.72. The van der Waals surface area contributed by atoms with Crippen molar-refractivity contribution in [2.24, 2.45) is 5.92 Å². The summed E-state index contributed by atoms with van der Waals surface area (Å²) < 4.78 is 0. The lowest BCUT2D eigenvalue weighted by Gasteiger charge is -2.29. The maximum atomic E-state index is 13.1. The number of hydrogen-bond acceptors (Lipinski definition) is 3. The van der Waals surface area contributed by atoms with E-state index in [-0.39, 0.29) is 24.1 Å². The van der Waals surface area contributed by atoms with Crippen molar-refractivity contribution in [3.8, 4) is 0 Å². The molecule has 0 saturated carbocycles. The second-order valence-corrected chi connectivity index (χ2v) is 10.4. The molecule has 0 saturated heterocycles. The molecule has 0 fully saturated rings. The first-order chi connectivity index (χ1) is 15.1. The number of rotatable bonds is 10. The summed E-state index contributed by atoms with van der Waals surface area (Å²) in [5.74, 6) is 0.780. The van der Waals surface area contributed by atoms with Gasteiger partial charge < -0.3 is 10.2 Å². The second-order valence-electron chi connectivity index (χ2n) is 7.83. The smallest absolute Gasteiger partial charge is 0.242 e. The normalized spacial score (nSPS) is 12.0. The molecule has 174 valence electrons. The highest BCUT2D eigenvalue weighted by Gasteiger charge is 2.26. The highest BCUT2D eigenvalue weighted by Crippen LogP contribution is 2.26. The Balaban J connectivity index is 2.10. The topological polar surface area (TPSA) is 49.4 Å². The molecule has 2 aromatic carbocycles. The zero-order valence-electron chi connectivity index (χ0n) is 18.1. The Kier molecular flexibility index (Phi) is 11.0. The van der Waals surface area contributed by atoms with Gasteiger partial charge in [-0.3, -0.25) is 9.59 Å². The molecule has 0 spiro atoms. The van der Waals surface area contributed by atoms with Crippen molar-refractivity contribution in [2.75, 3.05) is 12.3 Å². The van der Waals surface area contributed by atoms with E-state index in [0.29, 0.717) is 38.3 Å². The predicted molar refractivity (Wildman–Crippen MR) is 137 cm³/mol. The summed E-state index contributed by atoms with van der Waals surface area (Å²) in [5.41, 5.74) is 1.77. The molecule has 32 heavy (non-hydrogen) atoms. The fourth-order valence-corrected chi connectivity index (χ4v) is 4.34. The SMILES string of the molecule is CC(C)CNC(=O)[C@H](C)N(Cc1ccc(Cl)c(Cl)c1)C(=O)CSCc1ccc(Cl)c(Cl)c1. The van der Waals surface area contributed by atoms with E-state index in [1.807, 2.05) is 19.9 Å². The molecule has 0 aromatic heterocycles. The van der Waals surface area contributed by atoms with Gasteiger partial charge in [0.15, 0.2) is 0 Å². The molecule has 9 heteroatoms. The lowest BCUT2D eigenvalue weighted by atomic mass is 10.1. The van der Waals surface area contributed by atoms with Gasteiger partial charge in [-0.05, 0) is 48.2 Å². The van der Waals surface area contributed by atoms with Crippen LogP contribution in [0.2, 0.25) is 20.1 Å². The van der Waals surface area contributed by atoms with Crippen molar-refractivity contribution in [1.82, 2.24) is 10.2 Å². The molecule has 0 aliphatic carbocycles. The molecule has 0 unspecified atom stereocenters. The van der Waals surface area contributed by atoms with E-state index >= 15 is 0 Å². The van der Waals surface area contributed by atoms with Crippen molar-refractivity contribution >= 4 is 70.0 Å². The lowest BCUT2D eigenvalue weighted by molar-refractivity contribution is -0.138. The predicted octanol–water partition coefficient (Wildman–Crippen LogP) is 6.72. The zero-order chi connectivity index (χ0) is 23.8. The number of amides is 2. The number of hydrogen-bond donors (Lipinski definition) is 1. The summed E-state index contributed by atoms with van der Waals surface area (Å²) in [6.45, 7) is 6.56. The third-order valence-corrected chi connectivity index (χ3v) is 7.13. The number of nitrogens with zero attached hydrogens (tertiary/aromatic N) is 1. The largest absolute Gasteiger partial charge is 0.354 e. The Morgan fingerprint density at radius 3 is 2.03 bits per heavy atom. The van der Waals surface area contributed by atoms with E-state index in [1.165, 1.54) is 11.8 Å². The molecule has 0 bridgehead atoms. The van der Waals surface area contributed by atoms with Crippen LogP contribution in [-0.2, 0) is 21.9 Å². The van der Waals surface area contributed by atoms with Crippen LogP contribution in [0.15, 0.2) is 36.4 Å². The van der Waals surface area contributed by atoms with Crippen LogP contribution in [0.25, 0.3) is 0 Å². The standard InChI is InChI=1S/C23H26Cl4N2O2S/c1-14(2)10-28-23(31)15(3)29(11-16-4-6-18(24)20(26)8-16)22(30)13-32-12-17-5-7-19(25)21(27)9-17/h4-9,14-15H,10-13H2,1-3H3,(H,28,31)/t15-/m0/s1. The molecular weight excluding hydrogens is 510 g/mol. The van der Waals surface area contributed by atoms with E-state index in [1.54, 1.807) is 42.2 Å². The molecule has 1 N–H and O–H groups in total. The number of halogens is 4. The van der Waals surface area contributed by atoms with Crippen LogP contribution in [0.3, 0.4) is 0 Å². The Bertz CT molecular complexity index is 956. The van der Waals surface area contributed by atoms with Crippen molar-refractivity contribution in [3.05, 3.63) is 67.6 Å². The molecule has 4 nitrogen and oxygen atoms in total. The van der Waals surface area contributed by atoms with E-state index in [0.717, 1.165) is 11.1 Å². The van der Waals surface area contributed by atoms with Crippen molar-refractivity contribution in [3.63, 3.8) is 0 Å². The average Bonchev–Trinajstić information content (AvgIpc) is 2.74. The summed E-state index contributed by atoms with van der Waals surface area (Å²) in [7, 11) is 0. The van der Waals surface area contributed by atoms with E-state index < -0.39 is 6.04 Å². The average molecular weight is 536 g/mol. The van der Waals surface area contributed by atoms with Gasteiger partial charge in [-0.2, -0.15) is 0 Å².